The van der Waals surface area contributed by atoms with Crippen LogP contribution >= 0.6 is 15.9 Å². The number of rotatable bonds is 5. The predicted octanol–water partition coefficient (Wildman–Crippen LogP) is 3.45. The highest BCUT2D eigenvalue weighted by Gasteiger charge is 2.26. The summed E-state index contributed by atoms with van der Waals surface area (Å²) in [6.07, 6.45) is 3.00. The van der Waals surface area contributed by atoms with E-state index in [1.54, 1.807) is 10.6 Å². The van der Waals surface area contributed by atoms with E-state index in [0.29, 0.717) is 21.9 Å². The Balaban J connectivity index is 2.16. The van der Waals surface area contributed by atoms with Crippen molar-refractivity contribution in [3.63, 3.8) is 0 Å². The van der Waals surface area contributed by atoms with E-state index < -0.39 is 5.82 Å². The fourth-order valence-corrected chi connectivity index (χ4v) is 4.06. The first-order chi connectivity index (χ1) is 12.6. The Morgan fingerprint density at radius 2 is 2.12 bits per heavy atom. The first-order valence-electron chi connectivity index (χ1n) is 9.41. The Bertz CT molecular complexity index is 830. The molecule has 5 nitrogen and oxygen atoms in total. The number of nitrogens with zero attached hydrogens (tertiary/aromatic N) is 3. The molecule has 1 saturated heterocycles. The Kier molecular flexibility index (Phi) is 6.42. The van der Waals surface area contributed by atoms with Crippen LogP contribution in [-0.4, -0.2) is 40.6 Å². The lowest BCUT2D eigenvalue weighted by atomic mass is 10.1. The van der Waals surface area contributed by atoms with Crippen molar-refractivity contribution in [1.29, 1.82) is 0 Å². The molecule has 0 aliphatic carbocycles. The van der Waals surface area contributed by atoms with Gasteiger partial charge >= 0.3 is 0 Å². The number of hydrogen-bond donors (Lipinski definition) is 1. The molecule has 1 aliphatic heterocycles. The monoisotopic (exact) mass is 424 g/mol. The summed E-state index contributed by atoms with van der Waals surface area (Å²) < 4.78 is 16.1. The van der Waals surface area contributed by atoms with Crippen molar-refractivity contribution in [2.24, 2.45) is 0 Å². The van der Waals surface area contributed by atoms with Crippen molar-refractivity contribution < 1.29 is 4.39 Å². The first kappa shape index (κ1) is 19.5. The topological polar surface area (TPSA) is 50.2 Å². The van der Waals surface area contributed by atoms with Gasteiger partial charge in [-0.2, -0.15) is 0 Å². The summed E-state index contributed by atoms with van der Waals surface area (Å²) in [5, 5.41) is 3.88. The minimum atomic E-state index is -0.393. The zero-order chi connectivity index (χ0) is 18.7. The largest absolute Gasteiger partial charge is 0.315 e. The maximum Gasteiger partial charge on any atom is 0.261 e. The molecule has 0 radical (unpaired) electrons. The molecule has 142 valence electrons. The number of halogens is 2. The summed E-state index contributed by atoms with van der Waals surface area (Å²) in [7, 11) is 0. The summed E-state index contributed by atoms with van der Waals surface area (Å²) in [5.41, 5.74) is 0.340. The smallest absolute Gasteiger partial charge is 0.261 e. The molecular weight excluding hydrogens is 399 g/mol. The van der Waals surface area contributed by atoms with E-state index in [2.05, 4.69) is 33.1 Å². The molecule has 1 fully saturated rings. The van der Waals surface area contributed by atoms with Crippen LogP contribution in [0.1, 0.15) is 45.0 Å². The van der Waals surface area contributed by atoms with Crippen LogP contribution in [0.15, 0.2) is 21.4 Å². The third-order valence-electron chi connectivity index (χ3n) is 5.02. The molecule has 2 heterocycles. The van der Waals surface area contributed by atoms with Crippen molar-refractivity contribution in [3.8, 4) is 0 Å². The highest BCUT2D eigenvalue weighted by molar-refractivity contribution is 9.10. The highest BCUT2D eigenvalue weighted by atomic mass is 79.9. The van der Waals surface area contributed by atoms with E-state index in [9.17, 15) is 9.18 Å². The molecule has 0 unspecified atom stereocenters. The third kappa shape index (κ3) is 3.85. The molecule has 1 aromatic carbocycles. The molecule has 3 rings (SSSR count). The van der Waals surface area contributed by atoms with Gasteiger partial charge in [-0.3, -0.25) is 14.3 Å². The zero-order valence-electron chi connectivity index (χ0n) is 15.4. The fraction of sp³-hybridized carbons (Fsp3) is 0.579. The van der Waals surface area contributed by atoms with Crippen LogP contribution in [0.5, 0.6) is 0 Å². The van der Waals surface area contributed by atoms with Gasteiger partial charge in [0.15, 0.2) is 0 Å². The average molecular weight is 425 g/mol. The Labute approximate surface area is 161 Å². The fourth-order valence-electron chi connectivity index (χ4n) is 3.72. The summed E-state index contributed by atoms with van der Waals surface area (Å²) in [4.78, 5) is 20.2. The SMILES string of the molecule is CCC[C@H](c1nc2cc(F)c(Br)cc2c(=O)n1CC)N1CCCNCC1. The summed E-state index contributed by atoms with van der Waals surface area (Å²) >= 11 is 3.17. The van der Waals surface area contributed by atoms with Crippen LogP contribution in [0.2, 0.25) is 0 Å². The zero-order valence-corrected chi connectivity index (χ0v) is 17.0. The van der Waals surface area contributed by atoms with E-state index in [4.69, 9.17) is 4.98 Å². The van der Waals surface area contributed by atoms with Crippen molar-refractivity contribution >= 4 is 26.8 Å². The molecule has 0 saturated carbocycles. The molecule has 1 aliphatic rings. The Morgan fingerprint density at radius 1 is 1.31 bits per heavy atom. The molecule has 1 aromatic heterocycles. The minimum absolute atomic E-state index is 0.0728. The lowest BCUT2D eigenvalue weighted by Gasteiger charge is -2.31. The molecule has 0 spiro atoms. The van der Waals surface area contributed by atoms with Gasteiger partial charge in [0.05, 0.1) is 21.4 Å². The molecule has 1 atom stereocenters. The maximum atomic E-state index is 14.0. The second kappa shape index (κ2) is 8.59. The summed E-state index contributed by atoms with van der Waals surface area (Å²) in [6, 6.07) is 2.97. The van der Waals surface area contributed by atoms with Gasteiger partial charge in [-0.1, -0.05) is 13.3 Å². The van der Waals surface area contributed by atoms with Gasteiger partial charge in [0, 0.05) is 32.2 Å². The number of fused-ring (bicyclic) bond motifs is 1. The van der Waals surface area contributed by atoms with E-state index in [1.165, 1.54) is 6.07 Å². The van der Waals surface area contributed by atoms with Crippen molar-refractivity contribution in [3.05, 3.63) is 38.6 Å². The third-order valence-corrected chi connectivity index (χ3v) is 5.63. The lowest BCUT2D eigenvalue weighted by Crippen LogP contribution is -2.37. The van der Waals surface area contributed by atoms with Gasteiger partial charge in [0.25, 0.3) is 5.56 Å². The summed E-state index contributed by atoms with van der Waals surface area (Å²) in [5.74, 6) is 0.367. The molecular formula is C19H26BrFN4O. The number of hydrogen-bond acceptors (Lipinski definition) is 4. The highest BCUT2D eigenvalue weighted by Crippen LogP contribution is 2.27. The van der Waals surface area contributed by atoms with Gasteiger partial charge in [0.2, 0.25) is 0 Å². The van der Waals surface area contributed by atoms with E-state index >= 15 is 0 Å². The second-order valence-electron chi connectivity index (χ2n) is 6.75. The average Bonchev–Trinajstić information content (AvgIpc) is 2.91. The molecule has 0 amide bonds. The molecule has 7 heteroatoms. The van der Waals surface area contributed by atoms with Crippen LogP contribution < -0.4 is 10.9 Å². The lowest BCUT2D eigenvalue weighted by molar-refractivity contribution is 0.185. The standard InChI is InChI=1S/C19H26BrFN4O/c1-3-6-17(24-9-5-7-22-8-10-24)18-23-16-12-15(21)14(20)11-13(16)19(26)25(18)4-2/h11-12,17,22H,3-10H2,1-2H3/t17-/m1/s1. The van der Waals surface area contributed by atoms with Gasteiger partial charge < -0.3 is 5.32 Å². The summed E-state index contributed by atoms with van der Waals surface area (Å²) in [6.45, 7) is 8.52. The quantitative estimate of drug-likeness (QED) is 0.798. The number of aromatic nitrogens is 2. The van der Waals surface area contributed by atoms with Gasteiger partial charge in [-0.15, -0.1) is 0 Å². The van der Waals surface area contributed by atoms with Crippen molar-refractivity contribution in [1.82, 2.24) is 19.8 Å². The van der Waals surface area contributed by atoms with Gasteiger partial charge in [0.1, 0.15) is 11.6 Å². The molecule has 0 bridgehead atoms. The number of nitrogens with one attached hydrogen (secondary N) is 1. The molecule has 1 N–H and O–H groups in total. The van der Waals surface area contributed by atoms with E-state index in [1.807, 2.05) is 6.92 Å². The minimum Gasteiger partial charge on any atom is -0.315 e. The van der Waals surface area contributed by atoms with Crippen LogP contribution in [-0.2, 0) is 6.54 Å². The van der Waals surface area contributed by atoms with Crippen LogP contribution in [0, 0.1) is 5.82 Å². The van der Waals surface area contributed by atoms with Crippen molar-refractivity contribution in [2.45, 2.75) is 45.7 Å². The predicted molar refractivity (Wildman–Crippen MR) is 106 cm³/mol. The number of benzene rings is 1. The maximum absolute atomic E-state index is 14.0. The molecule has 2 aromatic rings. The van der Waals surface area contributed by atoms with Crippen LogP contribution in [0.4, 0.5) is 4.39 Å². The van der Waals surface area contributed by atoms with Crippen LogP contribution in [0.3, 0.4) is 0 Å². The van der Waals surface area contributed by atoms with E-state index in [-0.39, 0.29) is 11.6 Å². The molecule has 26 heavy (non-hydrogen) atoms. The van der Waals surface area contributed by atoms with Crippen molar-refractivity contribution in [2.75, 3.05) is 26.2 Å². The van der Waals surface area contributed by atoms with Gasteiger partial charge in [-0.05, 0) is 48.3 Å². The first-order valence-corrected chi connectivity index (χ1v) is 10.2. The van der Waals surface area contributed by atoms with Gasteiger partial charge in [-0.25, -0.2) is 9.37 Å². The Morgan fingerprint density at radius 3 is 2.85 bits per heavy atom. The van der Waals surface area contributed by atoms with Crippen LogP contribution in [0.25, 0.3) is 10.9 Å². The van der Waals surface area contributed by atoms with E-state index in [0.717, 1.165) is 51.3 Å². The second-order valence-corrected chi connectivity index (χ2v) is 7.60. The normalized spacial score (nSPS) is 17.4. The Hall–Kier alpha value is -1.31.